The fourth-order valence-electron chi connectivity index (χ4n) is 1.81. The van der Waals surface area contributed by atoms with Crippen molar-refractivity contribution >= 4 is 5.70 Å². The van der Waals surface area contributed by atoms with E-state index >= 15 is 0 Å². The highest BCUT2D eigenvalue weighted by molar-refractivity contribution is 5.62. The summed E-state index contributed by atoms with van der Waals surface area (Å²) in [6.45, 7) is 2.66. The van der Waals surface area contributed by atoms with Gasteiger partial charge in [-0.15, -0.1) is 0 Å². The van der Waals surface area contributed by atoms with Crippen LogP contribution in [0.15, 0.2) is 66.7 Å². The molecule has 0 unspecified atom stereocenters. The number of allylic oxidation sites excluding steroid dienone is 1. The van der Waals surface area contributed by atoms with Gasteiger partial charge in [0.25, 0.3) is 0 Å². The Hall–Kier alpha value is -2.06. The first-order valence-corrected chi connectivity index (χ1v) is 6.57. The van der Waals surface area contributed by atoms with Gasteiger partial charge < -0.3 is 0 Å². The zero-order valence-electron chi connectivity index (χ0n) is 11.2. The third-order valence-electron chi connectivity index (χ3n) is 2.76. The summed E-state index contributed by atoms with van der Waals surface area (Å²) in [7, 11) is 0. The minimum Gasteiger partial charge on any atom is -0.271 e. The molecule has 0 heterocycles. The van der Waals surface area contributed by atoms with Gasteiger partial charge in [0.15, 0.2) is 0 Å². The molecule has 98 valence electrons. The Labute approximate surface area is 114 Å². The first kappa shape index (κ1) is 13.4. The molecule has 0 aliphatic heterocycles. The minimum absolute atomic E-state index is 0.550. The molecule has 1 N–H and O–H groups in total. The van der Waals surface area contributed by atoms with Gasteiger partial charge in [0, 0.05) is 0 Å². The molecule has 0 aliphatic carbocycles. The van der Waals surface area contributed by atoms with E-state index in [-0.39, 0.29) is 0 Å². The number of rotatable bonds is 6. The Bertz CT molecular complexity index is 505. The molecule has 0 atom stereocenters. The number of nitrogens with one attached hydrogen (secondary N) is 1. The SMILES string of the molecule is CCC=C(NOCc1ccccc1)c1ccccc1. The maximum absolute atomic E-state index is 5.57. The van der Waals surface area contributed by atoms with Crippen molar-refractivity contribution in [1.29, 1.82) is 0 Å². The fourth-order valence-corrected chi connectivity index (χ4v) is 1.81. The molecular formula is C17H19NO. The van der Waals surface area contributed by atoms with Crippen LogP contribution in [0.25, 0.3) is 5.70 Å². The van der Waals surface area contributed by atoms with Crippen LogP contribution in [-0.2, 0) is 11.4 Å². The van der Waals surface area contributed by atoms with Gasteiger partial charge in [-0.3, -0.25) is 10.3 Å². The summed E-state index contributed by atoms with van der Waals surface area (Å²) in [5.41, 5.74) is 6.35. The third-order valence-corrected chi connectivity index (χ3v) is 2.76. The number of hydrogen-bond donors (Lipinski definition) is 1. The van der Waals surface area contributed by atoms with E-state index in [0.717, 1.165) is 23.2 Å². The summed E-state index contributed by atoms with van der Waals surface area (Å²) in [4.78, 5) is 5.57. The minimum atomic E-state index is 0.550. The second-order valence-corrected chi connectivity index (χ2v) is 4.27. The van der Waals surface area contributed by atoms with Crippen molar-refractivity contribution in [2.75, 3.05) is 0 Å². The lowest BCUT2D eigenvalue weighted by molar-refractivity contribution is 0.0645. The maximum Gasteiger partial charge on any atom is 0.0996 e. The van der Waals surface area contributed by atoms with Crippen LogP contribution in [0, 0.1) is 0 Å². The van der Waals surface area contributed by atoms with Gasteiger partial charge in [-0.05, 0) is 17.5 Å². The Morgan fingerprint density at radius 2 is 1.63 bits per heavy atom. The van der Waals surface area contributed by atoms with E-state index in [1.807, 2.05) is 48.5 Å². The van der Waals surface area contributed by atoms with Crippen LogP contribution in [0.1, 0.15) is 24.5 Å². The van der Waals surface area contributed by atoms with Crippen molar-refractivity contribution in [3.63, 3.8) is 0 Å². The van der Waals surface area contributed by atoms with Crippen molar-refractivity contribution in [2.45, 2.75) is 20.0 Å². The highest BCUT2D eigenvalue weighted by Gasteiger charge is 2.00. The van der Waals surface area contributed by atoms with E-state index in [2.05, 4.69) is 30.6 Å². The van der Waals surface area contributed by atoms with E-state index < -0.39 is 0 Å². The lowest BCUT2D eigenvalue weighted by Crippen LogP contribution is -2.13. The maximum atomic E-state index is 5.57. The monoisotopic (exact) mass is 253 g/mol. The smallest absolute Gasteiger partial charge is 0.0996 e. The van der Waals surface area contributed by atoms with E-state index in [4.69, 9.17) is 4.84 Å². The van der Waals surface area contributed by atoms with Gasteiger partial charge >= 0.3 is 0 Å². The first-order chi connectivity index (χ1) is 9.40. The molecule has 0 amide bonds. The van der Waals surface area contributed by atoms with Gasteiger partial charge in [-0.25, -0.2) is 0 Å². The summed E-state index contributed by atoms with van der Waals surface area (Å²) < 4.78 is 0. The summed E-state index contributed by atoms with van der Waals surface area (Å²) in [5.74, 6) is 0. The molecule has 0 fully saturated rings. The van der Waals surface area contributed by atoms with Crippen LogP contribution < -0.4 is 5.48 Å². The van der Waals surface area contributed by atoms with Crippen LogP contribution in [0.3, 0.4) is 0 Å². The average Bonchev–Trinajstić information content (AvgIpc) is 2.48. The number of benzene rings is 2. The molecule has 2 rings (SSSR count). The Morgan fingerprint density at radius 1 is 1.00 bits per heavy atom. The van der Waals surface area contributed by atoms with Crippen molar-refractivity contribution in [1.82, 2.24) is 5.48 Å². The zero-order valence-corrected chi connectivity index (χ0v) is 11.2. The zero-order chi connectivity index (χ0) is 13.3. The van der Waals surface area contributed by atoms with Gasteiger partial charge in [0.2, 0.25) is 0 Å². The standard InChI is InChI=1S/C17H19NO/c1-2-9-17(16-12-7-4-8-13-16)18-19-14-15-10-5-3-6-11-15/h3-13,18H,2,14H2,1H3. The molecular weight excluding hydrogens is 234 g/mol. The third kappa shape index (κ3) is 4.27. The Balaban J connectivity index is 1.94. The summed E-state index contributed by atoms with van der Waals surface area (Å²) in [6.07, 6.45) is 3.09. The second kappa shape index (κ2) is 7.39. The molecule has 0 aromatic heterocycles. The van der Waals surface area contributed by atoms with Crippen molar-refractivity contribution in [2.24, 2.45) is 0 Å². The van der Waals surface area contributed by atoms with Crippen molar-refractivity contribution in [3.8, 4) is 0 Å². The van der Waals surface area contributed by atoms with Gasteiger partial charge in [0.05, 0.1) is 12.3 Å². The van der Waals surface area contributed by atoms with Crippen LogP contribution >= 0.6 is 0 Å². The molecule has 0 saturated heterocycles. The molecule has 0 radical (unpaired) electrons. The highest BCUT2D eigenvalue weighted by Crippen LogP contribution is 2.12. The fraction of sp³-hybridized carbons (Fsp3) is 0.176. The van der Waals surface area contributed by atoms with Crippen LogP contribution in [0.5, 0.6) is 0 Å². The molecule has 0 bridgehead atoms. The molecule has 0 aliphatic rings. The average molecular weight is 253 g/mol. The van der Waals surface area contributed by atoms with Gasteiger partial charge in [0.1, 0.15) is 0 Å². The number of hydroxylamine groups is 1. The highest BCUT2D eigenvalue weighted by atomic mass is 16.6. The van der Waals surface area contributed by atoms with Crippen molar-refractivity contribution in [3.05, 3.63) is 77.9 Å². The van der Waals surface area contributed by atoms with E-state index in [9.17, 15) is 0 Å². The van der Waals surface area contributed by atoms with Crippen LogP contribution in [0.4, 0.5) is 0 Å². The number of hydrogen-bond acceptors (Lipinski definition) is 2. The first-order valence-electron chi connectivity index (χ1n) is 6.57. The molecule has 2 heteroatoms. The lowest BCUT2D eigenvalue weighted by Gasteiger charge is -2.11. The van der Waals surface area contributed by atoms with Crippen LogP contribution in [0.2, 0.25) is 0 Å². The van der Waals surface area contributed by atoms with Gasteiger partial charge in [-0.1, -0.05) is 73.7 Å². The molecule has 19 heavy (non-hydrogen) atoms. The Kier molecular flexibility index (Phi) is 5.20. The normalized spacial score (nSPS) is 11.3. The van der Waals surface area contributed by atoms with Crippen LogP contribution in [-0.4, -0.2) is 0 Å². The molecule has 2 aromatic rings. The molecule has 2 nitrogen and oxygen atoms in total. The second-order valence-electron chi connectivity index (χ2n) is 4.27. The predicted octanol–water partition coefficient (Wildman–Crippen LogP) is 4.16. The van der Waals surface area contributed by atoms with E-state index in [0.29, 0.717) is 6.61 Å². The molecule has 0 saturated carbocycles. The van der Waals surface area contributed by atoms with E-state index in [1.54, 1.807) is 0 Å². The molecule has 0 spiro atoms. The predicted molar refractivity (Wildman–Crippen MR) is 79.1 cm³/mol. The summed E-state index contributed by atoms with van der Waals surface area (Å²) in [5, 5.41) is 0. The lowest BCUT2D eigenvalue weighted by atomic mass is 10.1. The Morgan fingerprint density at radius 3 is 2.26 bits per heavy atom. The summed E-state index contributed by atoms with van der Waals surface area (Å²) >= 11 is 0. The van der Waals surface area contributed by atoms with Crippen molar-refractivity contribution < 1.29 is 4.84 Å². The summed E-state index contributed by atoms with van der Waals surface area (Å²) in [6, 6.07) is 20.3. The largest absolute Gasteiger partial charge is 0.271 e. The van der Waals surface area contributed by atoms with E-state index in [1.165, 1.54) is 0 Å². The molecule has 2 aromatic carbocycles. The topological polar surface area (TPSA) is 21.3 Å². The quantitative estimate of drug-likeness (QED) is 0.780. The van der Waals surface area contributed by atoms with Gasteiger partial charge in [-0.2, -0.15) is 0 Å².